The average Bonchev–Trinajstić information content (AvgIpc) is 3.04. The highest BCUT2D eigenvalue weighted by Crippen LogP contribution is 2.39. The van der Waals surface area contributed by atoms with Crippen molar-refractivity contribution in [2.75, 3.05) is 24.7 Å². The number of carbonyl (C=O) groups is 1. The van der Waals surface area contributed by atoms with Gasteiger partial charge in [0.15, 0.2) is 5.79 Å². The molecule has 4 nitrogen and oxygen atoms in total. The maximum Gasteiger partial charge on any atom is 0.227 e. The lowest BCUT2D eigenvalue weighted by Gasteiger charge is -2.31. The Balaban J connectivity index is 1.54. The van der Waals surface area contributed by atoms with Crippen molar-refractivity contribution in [3.63, 3.8) is 0 Å². The minimum absolute atomic E-state index is 0.172. The van der Waals surface area contributed by atoms with Crippen LogP contribution in [0.2, 0.25) is 5.02 Å². The number of hydrogen-bond donors (Lipinski definition) is 0. The Kier molecular flexibility index (Phi) is 4.37. The Morgan fingerprint density at radius 3 is 2.62 bits per heavy atom. The molecule has 0 bridgehead atoms. The van der Waals surface area contributed by atoms with Crippen LogP contribution in [-0.2, 0) is 14.3 Å². The predicted octanol–water partition coefficient (Wildman–Crippen LogP) is 4.17. The molecule has 128 valence electrons. The third-order valence-electron chi connectivity index (χ3n) is 5.18. The molecule has 5 heteroatoms. The normalized spacial score (nSPS) is 23.6. The number of halogens is 1. The summed E-state index contributed by atoms with van der Waals surface area (Å²) in [5, 5.41) is 0.650. The number of allylic oxidation sites excluding steroid dienone is 1. The van der Waals surface area contributed by atoms with Crippen LogP contribution in [0.25, 0.3) is 5.57 Å². The lowest BCUT2D eigenvalue weighted by atomic mass is 9.89. The van der Waals surface area contributed by atoms with Crippen LogP contribution in [-0.4, -0.2) is 31.5 Å². The van der Waals surface area contributed by atoms with Crippen LogP contribution in [0.5, 0.6) is 0 Å². The third kappa shape index (κ3) is 2.99. The van der Waals surface area contributed by atoms with Gasteiger partial charge in [-0.1, -0.05) is 23.7 Å². The Labute approximate surface area is 147 Å². The molecule has 2 fully saturated rings. The molecule has 2 saturated heterocycles. The van der Waals surface area contributed by atoms with E-state index >= 15 is 0 Å². The Hall–Kier alpha value is -1.36. The van der Waals surface area contributed by atoms with Crippen LogP contribution in [0, 0.1) is 0 Å². The number of amides is 1. The first kappa shape index (κ1) is 16.1. The van der Waals surface area contributed by atoms with E-state index in [-0.39, 0.29) is 5.91 Å². The van der Waals surface area contributed by atoms with E-state index in [0.717, 1.165) is 49.9 Å². The van der Waals surface area contributed by atoms with Crippen molar-refractivity contribution in [3.05, 3.63) is 34.9 Å². The number of anilines is 1. The first-order valence-electron chi connectivity index (χ1n) is 8.74. The second-order valence-corrected chi connectivity index (χ2v) is 7.12. The van der Waals surface area contributed by atoms with Gasteiger partial charge in [-0.25, -0.2) is 0 Å². The van der Waals surface area contributed by atoms with E-state index in [4.69, 9.17) is 21.1 Å². The lowest BCUT2D eigenvalue weighted by Crippen LogP contribution is -2.35. The molecule has 1 aromatic carbocycles. The molecule has 0 saturated carbocycles. The predicted molar refractivity (Wildman–Crippen MR) is 94.1 cm³/mol. The monoisotopic (exact) mass is 347 g/mol. The fourth-order valence-corrected chi connectivity index (χ4v) is 4.10. The van der Waals surface area contributed by atoms with Gasteiger partial charge in [0.2, 0.25) is 5.91 Å². The van der Waals surface area contributed by atoms with Crippen molar-refractivity contribution < 1.29 is 14.3 Å². The summed E-state index contributed by atoms with van der Waals surface area (Å²) in [4.78, 5) is 13.9. The highest BCUT2D eigenvalue weighted by atomic mass is 35.5. The van der Waals surface area contributed by atoms with Crippen LogP contribution in [0.1, 0.15) is 44.1 Å². The zero-order chi connectivity index (χ0) is 16.6. The summed E-state index contributed by atoms with van der Waals surface area (Å²) < 4.78 is 11.5. The van der Waals surface area contributed by atoms with Crippen molar-refractivity contribution in [1.82, 2.24) is 0 Å². The molecule has 0 radical (unpaired) electrons. The molecule has 4 rings (SSSR count). The molecule has 1 aliphatic carbocycles. The number of hydrogen-bond acceptors (Lipinski definition) is 3. The fraction of sp³-hybridized carbons (Fsp3) is 0.526. The molecule has 0 N–H and O–H groups in total. The van der Waals surface area contributed by atoms with Crippen LogP contribution < -0.4 is 4.90 Å². The maximum atomic E-state index is 12.1. The fourth-order valence-electron chi connectivity index (χ4n) is 3.82. The summed E-state index contributed by atoms with van der Waals surface area (Å²) in [6.07, 6.45) is 7.41. The van der Waals surface area contributed by atoms with E-state index in [1.165, 1.54) is 5.57 Å². The maximum absolute atomic E-state index is 12.1. The van der Waals surface area contributed by atoms with E-state index in [1.54, 1.807) is 0 Å². The van der Waals surface area contributed by atoms with Gasteiger partial charge in [-0.05, 0) is 42.5 Å². The third-order valence-corrected chi connectivity index (χ3v) is 5.48. The summed E-state index contributed by atoms with van der Waals surface area (Å²) >= 11 is 6.50. The molecular weight excluding hydrogens is 326 g/mol. The number of benzene rings is 1. The first-order chi connectivity index (χ1) is 11.7. The van der Waals surface area contributed by atoms with Crippen molar-refractivity contribution in [1.29, 1.82) is 0 Å². The SMILES string of the molecule is O=C1CCCCN1c1ccc(C2=CCC3(CC2)OCCO3)cc1Cl. The molecule has 24 heavy (non-hydrogen) atoms. The van der Waals surface area contributed by atoms with Crippen molar-refractivity contribution >= 4 is 28.8 Å². The molecule has 1 spiro atoms. The van der Waals surface area contributed by atoms with Gasteiger partial charge >= 0.3 is 0 Å². The van der Waals surface area contributed by atoms with E-state index in [2.05, 4.69) is 12.1 Å². The number of carbonyl (C=O) groups excluding carboxylic acids is 1. The van der Waals surface area contributed by atoms with Crippen LogP contribution in [0.15, 0.2) is 24.3 Å². The standard InChI is InChI=1S/C19H22ClNO3/c20-16-13-15(4-5-17(16)21-10-2-1-3-18(21)22)14-6-8-19(9-7-14)23-11-12-24-19/h4-6,13H,1-3,7-12H2. The molecule has 0 unspecified atom stereocenters. The van der Waals surface area contributed by atoms with Crippen LogP contribution in [0.3, 0.4) is 0 Å². The largest absolute Gasteiger partial charge is 0.347 e. The second kappa shape index (κ2) is 6.51. The quantitative estimate of drug-likeness (QED) is 0.806. The van der Waals surface area contributed by atoms with Crippen LogP contribution >= 0.6 is 11.6 Å². The van der Waals surface area contributed by atoms with Gasteiger partial charge in [-0.2, -0.15) is 0 Å². The minimum Gasteiger partial charge on any atom is -0.347 e. The van der Waals surface area contributed by atoms with E-state index in [0.29, 0.717) is 24.7 Å². The Morgan fingerprint density at radius 1 is 1.12 bits per heavy atom. The molecule has 2 aliphatic heterocycles. The number of nitrogens with zero attached hydrogens (tertiary/aromatic N) is 1. The zero-order valence-electron chi connectivity index (χ0n) is 13.7. The molecule has 3 aliphatic rings. The molecule has 2 heterocycles. The van der Waals surface area contributed by atoms with Gasteiger partial charge in [-0.3, -0.25) is 4.79 Å². The topological polar surface area (TPSA) is 38.8 Å². The molecular formula is C19H22ClNO3. The van der Waals surface area contributed by atoms with Gasteiger partial charge < -0.3 is 14.4 Å². The van der Waals surface area contributed by atoms with Gasteiger partial charge in [0.25, 0.3) is 0 Å². The van der Waals surface area contributed by atoms with Gasteiger partial charge in [-0.15, -0.1) is 0 Å². The molecule has 0 aromatic heterocycles. The molecule has 1 aromatic rings. The van der Waals surface area contributed by atoms with Gasteiger partial charge in [0.1, 0.15) is 0 Å². The zero-order valence-corrected chi connectivity index (χ0v) is 14.5. The number of rotatable bonds is 2. The van der Waals surface area contributed by atoms with Crippen LogP contribution in [0.4, 0.5) is 5.69 Å². The molecule has 1 amide bonds. The Bertz CT molecular complexity index is 679. The second-order valence-electron chi connectivity index (χ2n) is 6.71. The van der Waals surface area contributed by atoms with Crippen molar-refractivity contribution in [2.24, 2.45) is 0 Å². The van der Waals surface area contributed by atoms with Gasteiger partial charge in [0.05, 0.1) is 23.9 Å². The van der Waals surface area contributed by atoms with Crippen molar-refractivity contribution in [2.45, 2.75) is 44.3 Å². The summed E-state index contributed by atoms with van der Waals surface area (Å²) in [5.74, 6) is -0.224. The van der Waals surface area contributed by atoms with E-state index in [9.17, 15) is 4.79 Å². The van der Waals surface area contributed by atoms with E-state index < -0.39 is 5.79 Å². The van der Waals surface area contributed by atoms with Gasteiger partial charge in [0, 0.05) is 25.8 Å². The smallest absolute Gasteiger partial charge is 0.227 e. The highest BCUT2D eigenvalue weighted by molar-refractivity contribution is 6.34. The lowest BCUT2D eigenvalue weighted by molar-refractivity contribution is -0.159. The number of piperidine rings is 1. The van der Waals surface area contributed by atoms with E-state index in [1.807, 2.05) is 17.0 Å². The summed E-state index contributed by atoms with van der Waals surface area (Å²) in [5.41, 5.74) is 3.24. The van der Waals surface area contributed by atoms with Crippen molar-refractivity contribution in [3.8, 4) is 0 Å². The first-order valence-corrected chi connectivity index (χ1v) is 9.12. The average molecular weight is 348 g/mol. The number of ether oxygens (including phenoxy) is 2. The highest BCUT2D eigenvalue weighted by Gasteiger charge is 2.37. The summed E-state index contributed by atoms with van der Waals surface area (Å²) in [6.45, 7) is 2.14. The summed E-state index contributed by atoms with van der Waals surface area (Å²) in [6, 6.07) is 6.04. The summed E-state index contributed by atoms with van der Waals surface area (Å²) in [7, 11) is 0. The Morgan fingerprint density at radius 2 is 1.96 bits per heavy atom. The minimum atomic E-state index is -0.395. The molecule has 0 atom stereocenters.